The Labute approximate surface area is 542 Å². The number of carbonyl (C=O) groups is 1. The molecule has 3 rings (SSSR count). The molecule has 0 spiro atoms. The van der Waals surface area contributed by atoms with Crippen LogP contribution in [0.1, 0.15) is 264 Å². The number of unbranched alkanes of at least 4 members (excludes halogenated alkanes) is 33. The number of rotatable bonds is 55. The lowest BCUT2D eigenvalue weighted by atomic mass is 9.96. The molecule has 3 fully saturated rings. The van der Waals surface area contributed by atoms with E-state index in [1.807, 2.05) is 6.08 Å². The number of hydrogen-bond acceptors (Lipinski definition) is 18. The van der Waals surface area contributed by atoms with Gasteiger partial charge in [-0.15, -0.1) is 0 Å². The molecule has 3 saturated heterocycles. The van der Waals surface area contributed by atoms with Gasteiger partial charge in [-0.25, -0.2) is 0 Å². The third-order valence-corrected chi connectivity index (χ3v) is 17.9. The highest BCUT2D eigenvalue weighted by atomic mass is 16.8. The molecule has 17 unspecified atom stereocenters. The first-order valence-corrected chi connectivity index (χ1v) is 35.9. The zero-order chi connectivity index (χ0) is 65.4. The molecule has 526 valence electrons. The predicted octanol–water partition coefficient (Wildman–Crippen LogP) is 9.78. The monoisotopic (exact) mass is 1280 g/mol. The van der Waals surface area contributed by atoms with Gasteiger partial charge in [-0.2, -0.15) is 0 Å². The van der Waals surface area contributed by atoms with Crippen molar-refractivity contribution in [1.29, 1.82) is 0 Å². The first-order valence-electron chi connectivity index (χ1n) is 35.9. The van der Waals surface area contributed by atoms with Crippen LogP contribution in [0.25, 0.3) is 0 Å². The van der Waals surface area contributed by atoms with E-state index in [1.54, 1.807) is 6.08 Å². The van der Waals surface area contributed by atoms with Crippen LogP contribution < -0.4 is 5.32 Å². The van der Waals surface area contributed by atoms with Gasteiger partial charge in [0.05, 0.1) is 38.6 Å². The number of carbonyl (C=O) groups excluding carboxylic acids is 1. The number of nitrogens with one attached hydrogen (secondary N) is 1. The molecule has 90 heavy (non-hydrogen) atoms. The third kappa shape index (κ3) is 34.4. The summed E-state index contributed by atoms with van der Waals surface area (Å²) in [5, 5.41) is 121. The second kappa shape index (κ2) is 53.0. The summed E-state index contributed by atoms with van der Waals surface area (Å²) in [6.45, 7) is 1.74. The molecule has 17 atom stereocenters. The van der Waals surface area contributed by atoms with Crippen LogP contribution in [-0.4, -0.2) is 193 Å². The van der Waals surface area contributed by atoms with Crippen molar-refractivity contribution in [2.75, 3.05) is 26.4 Å². The van der Waals surface area contributed by atoms with Crippen molar-refractivity contribution < 1.29 is 89.4 Å². The first-order chi connectivity index (χ1) is 43.8. The van der Waals surface area contributed by atoms with Crippen LogP contribution in [0.2, 0.25) is 0 Å². The summed E-state index contributed by atoms with van der Waals surface area (Å²) >= 11 is 0. The van der Waals surface area contributed by atoms with Crippen molar-refractivity contribution in [2.45, 2.75) is 369 Å². The Morgan fingerprint density at radius 3 is 1.14 bits per heavy atom. The van der Waals surface area contributed by atoms with E-state index in [4.69, 9.17) is 28.4 Å². The van der Waals surface area contributed by atoms with E-state index < -0.39 is 124 Å². The highest BCUT2D eigenvalue weighted by Crippen LogP contribution is 2.33. The summed E-state index contributed by atoms with van der Waals surface area (Å²) in [7, 11) is 0. The molecule has 0 bridgehead atoms. The first kappa shape index (κ1) is 82.0. The summed E-state index contributed by atoms with van der Waals surface area (Å²) in [4.78, 5) is 13.4. The van der Waals surface area contributed by atoms with Crippen molar-refractivity contribution in [3.05, 3.63) is 48.6 Å². The molecule has 19 nitrogen and oxygen atoms in total. The molecule has 0 aromatic heterocycles. The lowest BCUT2D eigenvalue weighted by Crippen LogP contribution is -2.66. The Morgan fingerprint density at radius 2 is 0.733 bits per heavy atom. The van der Waals surface area contributed by atoms with E-state index in [9.17, 15) is 61.0 Å². The van der Waals surface area contributed by atoms with Gasteiger partial charge in [-0.05, 0) is 57.8 Å². The second-order valence-corrected chi connectivity index (χ2v) is 25.7. The smallest absolute Gasteiger partial charge is 0.220 e. The zero-order valence-electron chi connectivity index (χ0n) is 55.6. The van der Waals surface area contributed by atoms with Crippen molar-refractivity contribution >= 4 is 5.91 Å². The number of aliphatic hydroxyl groups excluding tert-OH is 11. The lowest BCUT2D eigenvalue weighted by Gasteiger charge is -2.48. The van der Waals surface area contributed by atoms with Crippen LogP contribution in [0, 0.1) is 0 Å². The fourth-order valence-corrected chi connectivity index (χ4v) is 12.0. The quantitative estimate of drug-likeness (QED) is 0.0199. The fraction of sp³-hybridized carbons (Fsp3) is 0.873. The molecule has 0 aromatic carbocycles. The van der Waals surface area contributed by atoms with Gasteiger partial charge >= 0.3 is 0 Å². The van der Waals surface area contributed by atoms with Gasteiger partial charge < -0.3 is 89.9 Å². The van der Waals surface area contributed by atoms with Crippen LogP contribution in [0.4, 0.5) is 0 Å². The average Bonchev–Trinajstić information content (AvgIpc) is 0.865. The molecule has 0 aromatic rings. The predicted molar refractivity (Wildman–Crippen MR) is 351 cm³/mol. The molecule has 0 radical (unpaired) electrons. The van der Waals surface area contributed by atoms with Gasteiger partial charge in [-0.3, -0.25) is 4.79 Å². The Kier molecular flexibility index (Phi) is 48.2. The van der Waals surface area contributed by atoms with Gasteiger partial charge in [-0.1, -0.05) is 249 Å². The lowest BCUT2D eigenvalue weighted by molar-refractivity contribution is -0.379. The molecule has 1 amide bonds. The van der Waals surface area contributed by atoms with Gasteiger partial charge in [0.1, 0.15) is 73.2 Å². The van der Waals surface area contributed by atoms with Crippen molar-refractivity contribution in [3.8, 4) is 0 Å². The average molecular weight is 1280 g/mol. The molecule has 19 heteroatoms. The normalized spacial score (nSPS) is 28.3. The SMILES string of the molecule is CCCCCCC/C=C\C/C=C\C/C=C\CCCCCCCCCCC(=O)NC(COC1OC(CO)C(OC2OC(CO)C(OC3OC(CO)C(O)C(O)C3O)C(O)C2O)C(O)C1O)C(O)/C=C/CCCCCCCCCCCCCCCCCCCCCC. The molecule has 3 heterocycles. The summed E-state index contributed by atoms with van der Waals surface area (Å²) < 4.78 is 34.4. The van der Waals surface area contributed by atoms with Crippen molar-refractivity contribution in [3.63, 3.8) is 0 Å². The van der Waals surface area contributed by atoms with Crippen LogP contribution in [0.3, 0.4) is 0 Å². The van der Waals surface area contributed by atoms with Crippen LogP contribution in [0.5, 0.6) is 0 Å². The van der Waals surface area contributed by atoms with E-state index in [0.29, 0.717) is 6.42 Å². The maximum absolute atomic E-state index is 13.4. The Morgan fingerprint density at radius 1 is 0.400 bits per heavy atom. The molecule has 12 N–H and O–H groups in total. The standard InChI is InChI=1S/C71H129NO18/c1-3-5-7-9-11-13-15-17-19-21-23-25-27-29-31-33-35-37-39-41-43-45-47-49-59(77)72-54(55(76)48-46-44-42-40-38-36-34-32-30-28-26-24-22-20-18-16-14-12-10-8-6-4-2)53-85-69-65(83)62(80)67(57(51-74)87-69)90-71-66(84)63(81)68(58(52-75)88-71)89-70-64(82)61(79)60(78)56(50-73)86-70/h15,17,21,23,27,29,46,48,54-58,60-71,73-76,78-84H,3-14,16,18-20,22,24-26,28,30-45,47,49-53H2,1-2H3,(H,72,77)/b17-15-,23-21-,29-27-,48-46+. The van der Waals surface area contributed by atoms with E-state index in [2.05, 4.69) is 55.6 Å². The van der Waals surface area contributed by atoms with E-state index in [1.165, 1.54) is 167 Å². The Balaban J connectivity index is 1.44. The van der Waals surface area contributed by atoms with E-state index in [-0.39, 0.29) is 18.9 Å². The minimum Gasteiger partial charge on any atom is -0.394 e. The van der Waals surface area contributed by atoms with E-state index in [0.717, 1.165) is 70.6 Å². The summed E-state index contributed by atoms with van der Waals surface area (Å²) in [5.41, 5.74) is 0. The Hall–Kier alpha value is -2.25. The Bertz CT molecular complexity index is 1820. The number of allylic oxidation sites excluding steroid dienone is 7. The maximum Gasteiger partial charge on any atom is 0.220 e. The minimum atomic E-state index is -1.98. The van der Waals surface area contributed by atoms with Gasteiger partial charge in [0.25, 0.3) is 0 Å². The molecular formula is C71H129NO18. The highest BCUT2D eigenvalue weighted by Gasteiger charge is 2.53. The summed E-state index contributed by atoms with van der Waals surface area (Å²) in [5.74, 6) is -0.281. The van der Waals surface area contributed by atoms with Gasteiger partial charge in [0.2, 0.25) is 5.91 Å². The summed E-state index contributed by atoms with van der Waals surface area (Å²) in [6.07, 6.45) is 36.5. The number of aliphatic hydroxyl groups is 11. The second-order valence-electron chi connectivity index (χ2n) is 25.7. The number of hydrogen-bond donors (Lipinski definition) is 12. The fourth-order valence-electron chi connectivity index (χ4n) is 12.0. The van der Waals surface area contributed by atoms with Crippen LogP contribution >= 0.6 is 0 Å². The highest BCUT2D eigenvalue weighted by molar-refractivity contribution is 5.76. The number of amides is 1. The van der Waals surface area contributed by atoms with Crippen molar-refractivity contribution in [2.24, 2.45) is 0 Å². The molecule has 3 aliphatic heterocycles. The van der Waals surface area contributed by atoms with Crippen molar-refractivity contribution in [1.82, 2.24) is 5.32 Å². The number of ether oxygens (including phenoxy) is 6. The largest absolute Gasteiger partial charge is 0.394 e. The zero-order valence-corrected chi connectivity index (χ0v) is 55.6. The molecule has 0 saturated carbocycles. The molecule has 3 aliphatic rings. The third-order valence-electron chi connectivity index (χ3n) is 17.9. The van der Waals surface area contributed by atoms with Gasteiger partial charge in [0, 0.05) is 6.42 Å². The van der Waals surface area contributed by atoms with Crippen LogP contribution in [0.15, 0.2) is 48.6 Å². The van der Waals surface area contributed by atoms with Crippen LogP contribution in [-0.2, 0) is 33.2 Å². The van der Waals surface area contributed by atoms with Gasteiger partial charge in [0.15, 0.2) is 18.9 Å². The maximum atomic E-state index is 13.4. The molecule has 0 aliphatic carbocycles. The molecular weight excluding hydrogens is 1150 g/mol. The van der Waals surface area contributed by atoms with E-state index >= 15 is 0 Å². The minimum absolute atomic E-state index is 0.234. The summed E-state index contributed by atoms with van der Waals surface area (Å²) in [6, 6.07) is -0.979. The topological polar surface area (TPSA) is 307 Å².